The van der Waals surface area contributed by atoms with Crippen LogP contribution in [0.1, 0.15) is 16.9 Å². The van der Waals surface area contributed by atoms with Crippen molar-refractivity contribution in [1.82, 2.24) is 0 Å². The van der Waals surface area contributed by atoms with Crippen molar-refractivity contribution in [3.8, 4) is 0 Å². The molecule has 2 heteroatoms. The van der Waals surface area contributed by atoms with Crippen molar-refractivity contribution >= 4 is 0 Å². The van der Waals surface area contributed by atoms with E-state index in [1.54, 1.807) is 6.26 Å². The first kappa shape index (κ1) is 11.0. The van der Waals surface area contributed by atoms with Crippen LogP contribution in [-0.2, 0) is 17.8 Å². The minimum Gasteiger partial charge on any atom is -0.469 e. The second-order valence-electron chi connectivity index (χ2n) is 3.79. The molecular weight excluding hydrogens is 200 g/mol. The van der Waals surface area contributed by atoms with Gasteiger partial charge in [-0.15, -0.1) is 0 Å². The minimum atomic E-state index is 0.678. The van der Waals surface area contributed by atoms with E-state index in [-0.39, 0.29) is 0 Å². The van der Waals surface area contributed by atoms with E-state index in [4.69, 9.17) is 9.15 Å². The first-order valence-electron chi connectivity index (χ1n) is 5.51. The predicted molar refractivity (Wildman–Crippen MR) is 63.2 cm³/mol. The average molecular weight is 216 g/mol. The third-order valence-corrected chi connectivity index (χ3v) is 2.59. The Morgan fingerprint density at radius 1 is 1.12 bits per heavy atom. The highest BCUT2D eigenvalue weighted by atomic mass is 16.5. The van der Waals surface area contributed by atoms with Gasteiger partial charge in [0, 0.05) is 0 Å². The Morgan fingerprint density at radius 2 is 1.94 bits per heavy atom. The maximum Gasteiger partial charge on any atom is 0.103 e. The molecule has 16 heavy (non-hydrogen) atoms. The quantitative estimate of drug-likeness (QED) is 0.715. The summed E-state index contributed by atoms with van der Waals surface area (Å²) in [4.78, 5) is 0. The van der Waals surface area contributed by atoms with E-state index >= 15 is 0 Å². The van der Waals surface area contributed by atoms with Gasteiger partial charge in [0.1, 0.15) is 5.76 Å². The van der Waals surface area contributed by atoms with Crippen LogP contribution in [-0.4, -0.2) is 6.61 Å². The molecule has 2 nitrogen and oxygen atoms in total. The molecule has 0 aliphatic rings. The highest BCUT2D eigenvalue weighted by Gasteiger charge is 2.00. The zero-order chi connectivity index (χ0) is 11.2. The number of rotatable bonds is 5. The standard InChI is InChI=1S/C14H16O2/c1-12-14(8-10-16-12)7-9-15-11-13-5-3-2-4-6-13/h2-6,8,10H,7,9,11H2,1H3. The lowest BCUT2D eigenvalue weighted by Crippen LogP contribution is -1.99. The summed E-state index contributed by atoms with van der Waals surface area (Å²) in [6, 6.07) is 12.2. The Labute approximate surface area is 95.9 Å². The summed E-state index contributed by atoms with van der Waals surface area (Å²) in [6.07, 6.45) is 2.64. The van der Waals surface area contributed by atoms with Gasteiger partial charge in [-0.2, -0.15) is 0 Å². The molecule has 0 radical (unpaired) electrons. The second-order valence-corrected chi connectivity index (χ2v) is 3.79. The van der Waals surface area contributed by atoms with Gasteiger partial charge in [-0.1, -0.05) is 30.3 Å². The Morgan fingerprint density at radius 3 is 2.62 bits per heavy atom. The Bertz CT molecular complexity index is 417. The van der Waals surface area contributed by atoms with Gasteiger partial charge in [-0.3, -0.25) is 0 Å². The third-order valence-electron chi connectivity index (χ3n) is 2.59. The molecule has 0 amide bonds. The van der Waals surface area contributed by atoms with Crippen molar-refractivity contribution in [2.24, 2.45) is 0 Å². The number of hydrogen-bond acceptors (Lipinski definition) is 2. The van der Waals surface area contributed by atoms with E-state index in [1.165, 1.54) is 11.1 Å². The summed E-state index contributed by atoms with van der Waals surface area (Å²) in [5, 5.41) is 0. The number of ether oxygens (including phenoxy) is 1. The van der Waals surface area contributed by atoms with Gasteiger partial charge in [0.25, 0.3) is 0 Å². The number of furan rings is 1. The topological polar surface area (TPSA) is 22.4 Å². The number of benzene rings is 1. The first-order valence-corrected chi connectivity index (χ1v) is 5.51. The molecule has 0 aliphatic carbocycles. The largest absolute Gasteiger partial charge is 0.469 e. The maximum atomic E-state index is 5.61. The molecule has 84 valence electrons. The number of aryl methyl sites for hydroxylation is 1. The average Bonchev–Trinajstić information content (AvgIpc) is 2.72. The van der Waals surface area contributed by atoms with Crippen LogP contribution in [0.4, 0.5) is 0 Å². The summed E-state index contributed by atoms with van der Waals surface area (Å²) in [5.41, 5.74) is 2.44. The van der Waals surface area contributed by atoms with Gasteiger partial charge in [-0.05, 0) is 30.5 Å². The first-order chi connectivity index (χ1) is 7.86. The van der Waals surface area contributed by atoms with Crippen LogP contribution in [0.5, 0.6) is 0 Å². The lowest BCUT2D eigenvalue weighted by molar-refractivity contribution is 0.123. The van der Waals surface area contributed by atoms with Crippen LogP contribution < -0.4 is 0 Å². The summed E-state index contributed by atoms with van der Waals surface area (Å²) in [7, 11) is 0. The highest BCUT2D eigenvalue weighted by molar-refractivity contribution is 5.15. The SMILES string of the molecule is Cc1occc1CCOCc1ccccc1. The van der Waals surface area contributed by atoms with E-state index in [0.717, 1.165) is 18.8 Å². The van der Waals surface area contributed by atoms with Crippen molar-refractivity contribution in [2.75, 3.05) is 6.61 Å². The Hall–Kier alpha value is -1.54. The lowest BCUT2D eigenvalue weighted by Gasteiger charge is -2.03. The Kier molecular flexibility index (Phi) is 3.78. The molecule has 0 aliphatic heterocycles. The molecule has 2 aromatic rings. The normalized spacial score (nSPS) is 10.6. The molecule has 0 unspecified atom stereocenters. The van der Waals surface area contributed by atoms with Gasteiger partial charge in [-0.25, -0.2) is 0 Å². The zero-order valence-corrected chi connectivity index (χ0v) is 9.48. The van der Waals surface area contributed by atoms with Gasteiger partial charge >= 0.3 is 0 Å². The fourth-order valence-corrected chi connectivity index (χ4v) is 1.62. The summed E-state index contributed by atoms with van der Waals surface area (Å²) in [6.45, 7) is 3.39. The van der Waals surface area contributed by atoms with Gasteiger partial charge in [0.2, 0.25) is 0 Å². The molecule has 1 aromatic heterocycles. The van der Waals surface area contributed by atoms with E-state index in [2.05, 4.69) is 12.1 Å². The molecule has 2 rings (SSSR count). The van der Waals surface area contributed by atoms with Crippen molar-refractivity contribution in [3.63, 3.8) is 0 Å². The molecule has 1 heterocycles. The molecule has 0 N–H and O–H groups in total. The van der Waals surface area contributed by atoms with Crippen molar-refractivity contribution in [1.29, 1.82) is 0 Å². The van der Waals surface area contributed by atoms with Crippen LogP contribution in [0.3, 0.4) is 0 Å². The van der Waals surface area contributed by atoms with Gasteiger partial charge in [0.15, 0.2) is 0 Å². The second kappa shape index (κ2) is 5.52. The van der Waals surface area contributed by atoms with Crippen LogP contribution >= 0.6 is 0 Å². The molecule has 0 bridgehead atoms. The van der Waals surface area contributed by atoms with Crippen LogP contribution in [0.2, 0.25) is 0 Å². The van der Waals surface area contributed by atoms with E-state index < -0.39 is 0 Å². The summed E-state index contributed by atoms with van der Waals surface area (Å²) < 4.78 is 10.8. The van der Waals surface area contributed by atoms with Crippen LogP contribution in [0.15, 0.2) is 47.1 Å². The zero-order valence-electron chi connectivity index (χ0n) is 9.48. The summed E-state index contributed by atoms with van der Waals surface area (Å²) >= 11 is 0. The highest BCUT2D eigenvalue weighted by Crippen LogP contribution is 2.09. The van der Waals surface area contributed by atoms with Gasteiger partial charge in [0.05, 0.1) is 19.5 Å². The Balaban J connectivity index is 1.72. The smallest absolute Gasteiger partial charge is 0.103 e. The van der Waals surface area contributed by atoms with E-state index in [9.17, 15) is 0 Å². The minimum absolute atomic E-state index is 0.678. The lowest BCUT2D eigenvalue weighted by atomic mass is 10.2. The maximum absolute atomic E-state index is 5.61. The monoisotopic (exact) mass is 216 g/mol. The molecule has 0 fully saturated rings. The molecule has 1 aromatic carbocycles. The summed E-state index contributed by atoms with van der Waals surface area (Å²) in [5.74, 6) is 0.989. The fraction of sp³-hybridized carbons (Fsp3) is 0.286. The molecular formula is C14H16O2. The molecule has 0 saturated heterocycles. The van der Waals surface area contributed by atoms with E-state index in [1.807, 2.05) is 31.2 Å². The van der Waals surface area contributed by atoms with Crippen molar-refractivity contribution < 1.29 is 9.15 Å². The van der Waals surface area contributed by atoms with E-state index in [0.29, 0.717) is 6.61 Å². The van der Waals surface area contributed by atoms with Crippen LogP contribution in [0.25, 0.3) is 0 Å². The fourth-order valence-electron chi connectivity index (χ4n) is 1.62. The molecule has 0 atom stereocenters. The molecule has 0 spiro atoms. The molecule has 0 saturated carbocycles. The van der Waals surface area contributed by atoms with Crippen LogP contribution in [0, 0.1) is 6.92 Å². The number of hydrogen-bond donors (Lipinski definition) is 0. The van der Waals surface area contributed by atoms with Gasteiger partial charge < -0.3 is 9.15 Å². The predicted octanol–water partition coefficient (Wildman–Crippen LogP) is 3.35. The van der Waals surface area contributed by atoms with Crippen molar-refractivity contribution in [2.45, 2.75) is 20.0 Å². The van der Waals surface area contributed by atoms with Crippen molar-refractivity contribution in [3.05, 3.63) is 59.5 Å². The third kappa shape index (κ3) is 2.97.